The van der Waals surface area contributed by atoms with Gasteiger partial charge in [0.2, 0.25) is 0 Å². The van der Waals surface area contributed by atoms with E-state index in [4.69, 9.17) is 5.73 Å². The van der Waals surface area contributed by atoms with Crippen LogP contribution in [0.5, 0.6) is 0 Å². The lowest BCUT2D eigenvalue weighted by Crippen LogP contribution is -2.15. The minimum absolute atomic E-state index is 0.245. The van der Waals surface area contributed by atoms with Crippen molar-refractivity contribution in [3.8, 4) is 0 Å². The Bertz CT molecular complexity index is 333. The number of nitrogens with zero attached hydrogens (tertiary/aromatic N) is 4. The van der Waals surface area contributed by atoms with Gasteiger partial charge in [-0.25, -0.2) is 0 Å². The minimum atomic E-state index is -0.245. The highest BCUT2D eigenvalue weighted by molar-refractivity contribution is 7.11. The number of hydrogen-bond acceptors (Lipinski definition) is 6. The zero-order valence-electron chi connectivity index (χ0n) is 7.40. The standard InChI is InChI=1S/C7H11N5S/c1-7(2-3-9-12-7)6-11-10-5(4-8)13-6/h2-4,8H2,1H3. The molecule has 1 aromatic rings. The molecule has 13 heavy (non-hydrogen) atoms. The van der Waals surface area contributed by atoms with Gasteiger partial charge in [0.05, 0.1) is 6.54 Å². The maximum absolute atomic E-state index is 5.46. The molecular formula is C7H11N5S. The molecule has 1 aliphatic heterocycles. The van der Waals surface area contributed by atoms with Crippen LogP contribution in [0.4, 0.5) is 0 Å². The van der Waals surface area contributed by atoms with Crippen LogP contribution < -0.4 is 5.73 Å². The van der Waals surface area contributed by atoms with Crippen LogP contribution >= 0.6 is 11.3 Å². The maximum atomic E-state index is 5.46. The number of hydrogen-bond donors (Lipinski definition) is 1. The molecule has 0 aliphatic carbocycles. The monoisotopic (exact) mass is 197 g/mol. The first-order valence-electron chi connectivity index (χ1n) is 4.16. The van der Waals surface area contributed by atoms with E-state index in [0.717, 1.165) is 23.0 Å². The first-order chi connectivity index (χ1) is 6.24. The van der Waals surface area contributed by atoms with Gasteiger partial charge in [-0.2, -0.15) is 10.2 Å². The summed E-state index contributed by atoms with van der Waals surface area (Å²) in [6.07, 6.45) is 0.923. The Hall–Kier alpha value is -0.880. The third-order valence-corrected chi connectivity index (χ3v) is 3.29. The Morgan fingerprint density at radius 3 is 2.92 bits per heavy atom. The summed E-state index contributed by atoms with van der Waals surface area (Å²) >= 11 is 1.53. The average molecular weight is 197 g/mol. The molecule has 0 bridgehead atoms. The number of aromatic nitrogens is 2. The molecule has 0 radical (unpaired) electrons. The van der Waals surface area contributed by atoms with Crippen molar-refractivity contribution in [2.24, 2.45) is 16.0 Å². The largest absolute Gasteiger partial charge is 0.324 e. The van der Waals surface area contributed by atoms with Crippen LogP contribution in [0.1, 0.15) is 23.4 Å². The fourth-order valence-corrected chi connectivity index (χ4v) is 2.06. The Kier molecular flexibility index (Phi) is 2.09. The van der Waals surface area contributed by atoms with Gasteiger partial charge in [-0.3, -0.25) is 0 Å². The fraction of sp³-hybridized carbons (Fsp3) is 0.714. The molecule has 6 heteroatoms. The van der Waals surface area contributed by atoms with Gasteiger partial charge in [0.15, 0.2) is 0 Å². The van der Waals surface area contributed by atoms with Crippen LogP contribution in [0.25, 0.3) is 0 Å². The third-order valence-electron chi connectivity index (χ3n) is 2.09. The van der Waals surface area contributed by atoms with Gasteiger partial charge in [-0.05, 0) is 6.92 Å². The van der Waals surface area contributed by atoms with E-state index in [0.29, 0.717) is 6.54 Å². The molecular weight excluding hydrogens is 186 g/mol. The highest BCUT2D eigenvalue weighted by atomic mass is 32.1. The van der Waals surface area contributed by atoms with Crippen molar-refractivity contribution in [2.45, 2.75) is 25.4 Å². The quantitative estimate of drug-likeness (QED) is 0.770. The van der Waals surface area contributed by atoms with Gasteiger partial charge >= 0.3 is 0 Å². The molecule has 1 aromatic heterocycles. The second kappa shape index (κ2) is 3.12. The van der Waals surface area contributed by atoms with Gasteiger partial charge < -0.3 is 5.73 Å². The van der Waals surface area contributed by atoms with Gasteiger partial charge in [0.25, 0.3) is 0 Å². The van der Waals surface area contributed by atoms with Gasteiger partial charge in [-0.15, -0.1) is 10.2 Å². The lowest BCUT2D eigenvalue weighted by Gasteiger charge is -2.12. The Morgan fingerprint density at radius 2 is 2.38 bits per heavy atom. The van der Waals surface area contributed by atoms with Crippen molar-refractivity contribution < 1.29 is 0 Å². The van der Waals surface area contributed by atoms with E-state index < -0.39 is 0 Å². The predicted molar refractivity (Wildman–Crippen MR) is 49.5 cm³/mol. The van der Waals surface area contributed by atoms with Crippen molar-refractivity contribution in [2.75, 3.05) is 6.54 Å². The zero-order valence-corrected chi connectivity index (χ0v) is 8.21. The van der Waals surface area contributed by atoms with E-state index >= 15 is 0 Å². The lowest BCUT2D eigenvalue weighted by molar-refractivity contribution is 0.497. The molecule has 0 fully saturated rings. The molecule has 1 aliphatic rings. The van der Waals surface area contributed by atoms with Crippen molar-refractivity contribution >= 4 is 11.3 Å². The van der Waals surface area contributed by atoms with Crippen LogP contribution in [0.15, 0.2) is 10.2 Å². The Balaban J connectivity index is 2.29. The maximum Gasteiger partial charge on any atom is 0.146 e. The number of azo groups is 1. The summed E-state index contributed by atoms with van der Waals surface area (Å²) in [6, 6.07) is 0. The van der Waals surface area contributed by atoms with Crippen LogP contribution in [0.2, 0.25) is 0 Å². The van der Waals surface area contributed by atoms with Gasteiger partial charge in [0.1, 0.15) is 15.6 Å². The highest BCUT2D eigenvalue weighted by Crippen LogP contribution is 2.35. The molecule has 0 aromatic carbocycles. The number of nitrogens with two attached hydrogens (primary N) is 1. The molecule has 2 rings (SSSR count). The smallest absolute Gasteiger partial charge is 0.146 e. The molecule has 0 spiro atoms. The topological polar surface area (TPSA) is 76.5 Å². The number of rotatable bonds is 2. The van der Waals surface area contributed by atoms with Gasteiger partial charge in [0, 0.05) is 13.0 Å². The molecule has 0 saturated heterocycles. The summed E-state index contributed by atoms with van der Waals surface area (Å²) in [5.74, 6) is 0. The summed E-state index contributed by atoms with van der Waals surface area (Å²) in [7, 11) is 0. The molecule has 0 saturated carbocycles. The van der Waals surface area contributed by atoms with E-state index in [2.05, 4.69) is 20.4 Å². The highest BCUT2D eigenvalue weighted by Gasteiger charge is 2.33. The zero-order chi connectivity index (χ0) is 9.31. The van der Waals surface area contributed by atoms with Crippen molar-refractivity contribution in [1.82, 2.24) is 10.2 Å². The Labute approximate surface area is 80.1 Å². The van der Waals surface area contributed by atoms with Crippen molar-refractivity contribution in [3.05, 3.63) is 10.0 Å². The van der Waals surface area contributed by atoms with E-state index in [-0.39, 0.29) is 5.54 Å². The van der Waals surface area contributed by atoms with Crippen molar-refractivity contribution in [3.63, 3.8) is 0 Å². The van der Waals surface area contributed by atoms with Crippen LogP contribution in [-0.4, -0.2) is 16.7 Å². The molecule has 1 unspecified atom stereocenters. The lowest BCUT2D eigenvalue weighted by atomic mass is 10.0. The average Bonchev–Trinajstić information content (AvgIpc) is 2.72. The third kappa shape index (κ3) is 1.47. The second-order valence-electron chi connectivity index (χ2n) is 3.19. The van der Waals surface area contributed by atoms with Crippen molar-refractivity contribution in [1.29, 1.82) is 0 Å². The minimum Gasteiger partial charge on any atom is -0.324 e. The van der Waals surface area contributed by atoms with Crippen LogP contribution in [0.3, 0.4) is 0 Å². The normalized spacial score (nSPS) is 26.9. The second-order valence-corrected chi connectivity index (χ2v) is 4.26. The summed E-state index contributed by atoms with van der Waals surface area (Å²) in [6.45, 7) is 3.27. The molecule has 2 heterocycles. The molecule has 1 atom stereocenters. The predicted octanol–water partition coefficient (Wildman–Crippen LogP) is 1.07. The van der Waals surface area contributed by atoms with Gasteiger partial charge in [-0.1, -0.05) is 11.3 Å². The summed E-state index contributed by atoms with van der Waals surface area (Å²) < 4.78 is 0. The van der Waals surface area contributed by atoms with E-state index in [9.17, 15) is 0 Å². The first kappa shape index (κ1) is 8.71. The molecule has 0 amide bonds. The van der Waals surface area contributed by atoms with Crippen LogP contribution in [0, 0.1) is 0 Å². The van der Waals surface area contributed by atoms with E-state index in [1.165, 1.54) is 11.3 Å². The summed E-state index contributed by atoms with van der Waals surface area (Å²) in [4.78, 5) is 0. The molecule has 5 nitrogen and oxygen atoms in total. The SMILES string of the molecule is CC1(c2nnc(CN)s2)CCN=N1. The molecule has 2 N–H and O–H groups in total. The molecule has 70 valence electrons. The Morgan fingerprint density at radius 1 is 1.54 bits per heavy atom. The van der Waals surface area contributed by atoms with E-state index in [1.807, 2.05) is 6.92 Å². The fourth-order valence-electron chi connectivity index (χ4n) is 1.23. The van der Waals surface area contributed by atoms with Crippen LogP contribution in [-0.2, 0) is 12.1 Å². The summed E-state index contributed by atoms with van der Waals surface area (Å²) in [5.41, 5.74) is 5.21. The first-order valence-corrected chi connectivity index (χ1v) is 4.98. The summed E-state index contributed by atoms with van der Waals surface area (Å²) in [5, 5.41) is 18.0. The van der Waals surface area contributed by atoms with E-state index in [1.54, 1.807) is 0 Å².